The van der Waals surface area contributed by atoms with Gasteiger partial charge in [0.2, 0.25) is 0 Å². The van der Waals surface area contributed by atoms with Crippen molar-refractivity contribution in [3.05, 3.63) is 0 Å². The molecule has 1 saturated carbocycles. The number of methoxy groups -OCH3 is 1. The van der Waals surface area contributed by atoms with Gasteiger partial charge in [-0.2, -0.15) is 0 Å². The van der Waals surface area contributed by atoms with Gasteiger partial charge in [-0.15, -0.1) is 0 Å². The Morgan fingerprint density at radius 1 is 1.41 bits per heavy atom. The Labute approximate surface area is 105 Å². The third-order valence-electron chi connectivity index (χ3n) is 3.89. The van der Waals surface area contributed by atoms with E-state index in [1.165, 1.54) is 12.8 Å². The van der Waals surface area contributed by atoms with Crippen LogP contribution in [0.2, 0.25) is 0 Å². The minimum atomic E-state index is 0.120. The van der Waals surface area contributed by atoms with Gasteiger partial charge in [0, 0.05) is 31.7 Å². The van der Waals surface area contributed by atoms with Gasteiger partial charge in [-0.1, -0.05) is 12.8 Å². The van der Waals surface area contributed by atoms with Crippen LogP contribution in [-0.4, -0.2) is 44.6 Å². The summed E-state index contributed by atoms with van der Waals surface area (Å²) in [5, 5.41) is 13.1. The number of hydrogen-bond acceptors (Lipinski definition) is 4. The first-order chi connectivity index (χ1) is 8.26. The minimum Gasteiger partial charge on any atom is -0.396 e. The summed E-state index contributed by atoms with van der Waals surface area (Å²) in [6.07, 6.45) is 6.86. The van der Waals surface area contributed by atoms with Crippen molar-refractivity contribution >= 4 is 0 Å². The molecular weight excluding hydrogens is 216 g/mol. The zero-order valence-electron chi connectivity index (χ0n) is 11.1. The number of ether oxygens (including phenoxy) is 1. The Hall–Kier alpha value is -0.160. The molecular formula is C13H28N2O2. The summed E-state index contributed by atoms with van der Waals surface area (Å²) < 4.78 is 5.22. The van der Waals surface area contributed by atoms with E-state index in [0.717, 1.165) is 45.4 Å². The number of aliphatic hydroxyl groups is 1. The van der Waals surface area contributed by atoms with Crippen molar-refractivity contribution in [2.45, 2.75) is 44.6 Å². The topological polar surface area (TPSA) is 67.5 Å². The number of aliphatic hydroxyl groups excluding tert-OH is 1. The Morgan fingerprint density at radius 3 is 2.65 bits per heavy atom. The molecule has 1 atom stereocenters. The van der Waals surface area contributed by atoms with Crippen molar-refractivity contribution in [2.75, 3.05) is 33.4 Å². The molecule has 0 saturated heterocycles. The van der Waals surface area contributed by atoms with Crippen LogP contribution in [0.4, 0.5) is 0 Å². The normalized spacial score (nSPS) is 20.6. The third kappa shape index (κ3) is 4.92. The van der Waals surface area contributed by atoms with Crippen LogP contribution in [0.15, 0.2) is 0 Å². The van der Waals surface area contributed by atoms with Gasteiger partial charge in [-0.3, -0.25) is 0 Å². The Kier molecular flexibility index (Phi) is 7.04. The molecule has 1 aliphatic rings. The largest absolute Gasteiger partial charge is 0.396 e. The maximum atomic E-state index is 9.54. The van der Waals surface area contributed by atoms with Crippen LogP contribution in [0.1, 0.15) is 38.5 Å². The summed E-state index contributed by atoms with van der Waals surface area (Å²) >= 11 is 0. The Morgan fingerprint density at radius 2 is 2.12 bits per heavy atom. The second kappa shape index (κ2) is 8.03. The van der Waals surface area contributed by atoms with Gasteiger partial charge in [-0.25, -0.2) is 0 Å². The van der Waals surface area contributed by atoms with Crippen molar-refractivity contribution in [1.29, 1.82) is 0 Å². The molecule has 0 spiro atoms. The summed E-state index contributed by atoms with van der Waals surface area (Å²) in [7, 11) is 1.73. The molecule has 0 heterocycles. The fourth-order valence-electron chi connectivity index (χ4n) is 2.69. The molecule has 4 heteroatoms. The molecule has 1 rings (SSSR count). The van der Waals surface area contributed by atoms with E-state index in [4.69, 9.17) is 10.5 Å². The molecule has 102 valence electrons. The monoisotopic (exact) mass is 244 g/mol. The minimum absolute atomic E-state index is 0.120. The van der Waals surface area contributed by atoms with Gasteiger partial charge in [0.05, 0.1) is 6.61 Å². The fraction of sp³-hybridized carbons (Fsp3) is 1.00. The van der Waals surface area contributed by atoms with Crippen LogP contribution in [0.3, 0.4) is 0 Å². The highest BCUT2D eigenvalue weighted by atomic mass is 16.5. The van der Waals surface area contributed by atoms with E-state index >= 15 is 0 Å². The standard InChI is InChI=1S/C13H28N2O2/c1-17-9-12(5-4-8-14)15-10-13(11-16)6-2-3-7-13/h12,15-16H,2-11,14H2,1H3. The molecule has 1 fully saturated rings. The van der Waals surface area contributed by atoms with Crippen LogP contribution in [-0.2, 0) is 4.74 Å². The SMILES string of the molecule is COCC(CCCN)NCC1(CO)CCCC1. The van der Waals surface area contributed by atoms with Crippen LogP contribution >= 0.6 is 0 Å². The Bertz CT molecular complexity index is 194. The van der Waals surface area contributed by atoms with Crippen LogP contribution in [0.5, 0.6) is 0 Å². The molecule has 1 aliphatic carbocycles. The molecule has 0 aromatic carbocycles. The number of nitrogens with one attached hydrogen (secondary N) is 1. The molecule has 0 aromatic heterocycles. The molecule has 1 unspecified atom stereocenters. The van der Waals surface area contributed by atoms with E-state index < -0.39 is 0 Å². The summed E-state index contributed by atoms with van der Waals surface area (Å²) in [5.74, 6) is 0. The predicted octanol–water partition coefficient (Wildman–Crippen LogP) is 0.883. The zero-order chi connectivity index (χ0) is 12.6. The summed E-state index contributed by atoms with van der Waals surface area (Å²) in [5.41, 5.74) is 5.65. The lowest BCUT2D eigenvalue weighted by Gasteiger charge is -2.29. The molecule has 0 radical (unpaired) electrons. The van der Waals surface area contributed by atoms with E-state index in [-0.39, 0.29) is 5.41 Å². The first kappa shape index (κ1) is 14.9. The zero-order valence-corrected chi connectivity index (χ0v) is 11.1. The average molecular weight is 244 g/mol. The van der Waals surface area contributed by atoms with Gasteiger partial charge >= 0.3 is 0 Å². The van der Waals surface area contributed by atoms with Gasteiger partial charge in [-0.05, 0) is 32.2 Å². The molecule has 17 heavy (non-hydrogen) atoms. The van der Waals surface area contributed by atoms with Gasteiger partial charge in [0.1, 0.15) is 0 Å². The fourth-order valence-corrected chi connectivity index (χ4v) is 2.69. The number of hydrogen-bond donors (Lipinski definition) is 3. The molecule has 0 aliphatic heterocycles. The highest BCUT2D eigenvalue weighted by molar-refractivity contribution is 4.87. The summed E-state index contributed by atoms with van der Waals surface area (Å²) in [4.78, 5) is 0. The van der Waals surface area contributed by atoms with Crippen LogP contribution in [0, 0.1) is 5.41 Å². The van der Waals surface area contributed by atoms with Crippen LogP contribution in [0.25, 0.3) is 0 Å². The summed E-state index contributed by atoms with van der Waals surface area (Å²) in [6, 6.07) is 0.368. The second-order valence-electron chi connectivity index (χ2n) is 5.33. The quantitative estimate of drug-likeness (QED) is 0.563. The van der Waals surface area contributed by atoms with Gasteiger partial charge in [0.25, 0.3) is 0 Å². The lowest BCUT2D eigenvalue weighted by molar-refractivity contribution is 0.109. The average Bonchev–Trinajstić information content (AvgIpc) is 2.82. The molecule has 4 N–H and O–H groups in total. The maximum Gasteiger partial charge on any atom is 0.0615 e. The molecule has 0 amide bonds. The smallest absolute Gasteiger partial charge is 0.0615 e. The highest BCUT2D eigenvalue weighted by Crippen LogP contribution is 2.37. The van der Waals surface area contributed by atoms with Crippen molar-refractivity contribution < 1.29 is 9.84 Å². The van der Waals surface area contributed by atoms with E-state index in [1.807, 2.05) is 0 Å². The maximum absolute atomic E-state index is 9.54. The van der Waals surface area contributed by atoms with E-state index in [9.17, 15) is 5.11 Å². The van der Waals surface area contributed by atoms with Gasteiger partial charge < -0.3 is 20.9 Å². The van der Waals surface area contributed by atoms with E-state index in [2.05, 4.69) is 5.32 Å². The second-order valence-corrected chi connectivity index (χ2v) is 5.33. The first-order valence-corrected chi connectivity index (χ1v) is 6.79. The number of nitrogens with two attached hydrogens (primary N) is 1. The van der Waals surface area contributed by atoms with Crippen molar-refractivity contribution in [3.63, 3.8) is 0 Å². The van der Waals surface area contributed by atoms with Crippen LogP contribution < -0.4 is 11.1 Å². The van der Waals surface area contributed by atoms with E-state index in [1.54, 1.807) is 7.11 Å². The van der Waals surface area contributed by atoms with Crippen molar-refractivity contribution in [3.8, 4) is 0 Å². The Balaban J connectivity index is 2.33. The lowest BCUT2D eigenvalue weighted by atomic mass is 9.87. The predicted molar refractivity (Wildman–Crippen MR) is 69.9 cm³/mol. The highest BCUT2D eigenvalue weighted by Gasteiger charge is 2.33. The molecule has 0 bridgehead atoms. The van der Waals surface area contributed by atoms with Gasteiger partial charge in [0.15, 0.2) is 0 Å². The molecule has 0 aromatic rings. The van der Waals surface area contributed by atoms with Crippen molar-refractivity contribution in [2.24, 2.45) is 11.1 Å². The van der Waals surface area contributed by atoms with E-state index in [0.29, 0.717) is 12.6 Å². The number of rotatable bonds is 9. The third-order valence-corrected chi connectivity index (χ3v) is 3.89. The summed E-state index contributed by atoms with van der Waals surface area (Å²) in [6.45, 7) is 2.66. The molecule has 4 nitrogen and oxygen atoms in total. The first-order valence-electron chi connectivity index (χ1n) is 6.79. The lowest BCUT2D eigenvalue weighted by Crippen LogP contribution is -2.42. The van der Waals surface area contributed by atoms with Crippen molar-refractivity contribution in [1.82, 2.24) is 5.32 Å².